The number of hydrogen-bond acceptors (Lipinski definition) is 3. The Bertz CT molecular complexity index is 621. The second-order valence-corrected chi connectivity index (χ2v) is 6.43. The summed E-state index contributed by atoms with van der Waals surface area (Å²) in [4.78, 5) is 22.7. The third-order valence-electron chi connectivity index (χ3n) is 3.03. The Morgan fingerprint density at radius 3 is 2.29 bits per heavy atom. The van der Waals surface area contributed by atoms with Crippen molar-refractivity contribution >= 4 is 17.7 Å². The lowest BCUT2D eigenvalue weighted by atomic mass is 9.94. The number of halogens is 3. The van der Waals surface area contributed by atoms with Crippen LogP contribution in [0.2, 0.25) is 0 Å². The number of hydrogen-bond donors (Lipinski definition) is 2. The topological polar surface area (TPSA) is 75.6 Å². The Labute approximate surface area is 137 Å². The average Bonchev–Trinajstić information content (AvgIpc) is 2.33. The van der Waals surface area contributed by atoms with E-state index in [9.17, 15) is 22.8 Å². The SMILES string of the molecule is CC(CC(=O)O)c1ccc(C(F)(F)F)cc1NC(=O)OC(C)(C)C. The summed E-state index contributed by atoms with van der Waals surface area (Å²) < 4.78 is 43.7. The van der Waals surface area contributed by atoms with Gasteiger partial charge in [-0.25, -0.2) is 4.79 Å². The Hall–Kier alpha value is -2.25. The maximum Gasteiger partial charge on any atom is 0.416 e. The highest BCUT2D eigenvalue weighted by atomic mass is 19.4. The van der Waals surface area contributed by atoms with Gasteiger partial charge in [-0.1, -0.05) is 13.0 Å². The van der Waals surface area contributed by atoms with Crippen LogP contribution in [0.25, 0.3) is 0 Å². The van der Waals surface area contributed by atoms with Crippen LogP contribution < -0.4 is 5.32 Å². The predicted octanol–water partition coefficient (Wildman–Crippen LogP) is 4.63. The van der Waals surface area contributed by atoms with Gasteiger partial charge >= 0.3 is 18.2 Å². The standard InChI is InChI=1S/C16H20F3NO4/c1-9(7-13(21)22)11-6-5-10(16(17,18)19)8-12(11)20-14(23)24-15(2,3)4/h5-6,8-9H,7H2,1-4H3,(H,20,23)(H,21,22). The Morgan fingerprint density at radius 1 is 1.25 bits per heavy atom. The van der Waals surface area contributed by atoms with E-state index in [-0.39, 0.29) is 17.7 Å². The molecule has 1 aromatic carbocycles. The molecule has 1 atom stereocenters. The lowest BCUT2D eigenvalue weighted by molar-refractivity contribution is -0.138. The minimum Gasteiger partial charge on any atom is -0.481 e. The van der Waals surface area contributed by atoms with Gasteiger partial charge in [0.05, 0.1) is 12.0 Å². The molecule has 0 fully saturated rings. The summed E-state index contributed by atoms with van der Waals surface area (Å²) >= 11 is 0. The maximum atomic E-state index is 12.9. The zero-order valence-corrected chi connectivity index (χ0v) is 13.8. The van der Waals surface area contributed by atoms with Gasteiger partial charge in [0.2, 0.25) is 0 Å². The zero-order valence-electron chi connectivity index (χ0n) is 13.8. The highest BCUT2D eigenvalue weighted by Gasteiger charge is 2.32. The van der Waals surface area contributed by atoms with Crippen molar-refractivity contribution in [2.24, 2.45) is 0 Å². The van der Waals surface area contributed by atoms with Crippen LogP contribution >= 0.6 is 0 Å². The van der Waals surface area contributed by atoms with Gasteiger partial charge < -0.3 is 9.84 Å². The van der Waals surface area contributed by atoms with E-state index in [4.69, 9.17) is 9.84 Å². The minimum atomic E-state index is -4.58. The first-order valence-corrected chi connectivity index (χ1v) is 7.22. The number of carbonyl (C=O) groups excluding carboxylic acids is 1. The van der Waals surface area contributed by atoms with E-state index in [1.165, 1.54) is 6.07 Å². The fourth-order valence-electron chi connectivity index (χ4n) is 2.06. The van der Waals surface area contributed by atoms with Gasteiger partial charge in [-0.05, 0) is 44.4 Å². The van der Waals surface area contributed by atoms with Crippen molar-refractivity contribution in [3.8, 4) is 0 Å². The van der Waals surface area contributed by atoms with E-state index in [0.29, 0.717) is 0 Å². The molecule has 0 heterocycles. The average molecular weight is 347 g/mol. The molecule has 24 heavy (non-hydrogen) atoms. The number of carboxylic acid groups (broad SMARTS) is 1. The summed E-state index contributed by atoms with van der Waals surface area (Å²) in [6.07, 6.45) is -5.78. The number of carboxylic acids is 1. The normalized spacial score (nSPS) is 13.3. The number of amides is 1. The molecular formula is C16H20F3NO4. The summed E-state index contributed by atoms with van der Waals surface area (Å²) in [5, 5.41) is 11.1. The van der Waals surface area contributed by atoms with Crippen LogP contribution in [0.4, 0.5) is 23.7 Å². The molecule has 0 aliphatic rings. The van der Waals surface area contributed by atoms with Crippen molar-refractivity contribution in [1.82, 2.24) is 0 Å². The largest absolute Gasteiger partial charge is 0.481 e. The highest BCUT2D eigenvalue weighted by molar-refractivity contribution is 5.86. The highest BCUT2D eigenvalue weighted by Crippen LogP contribution is 2.35. The molecule has 0 saturated heterocycles. The molecule has 0 aliphatic carbocycles. The van der Waals surface area contributed by atoms with E-state index >= 15 is 0 Å². The maximum absolute atomic E-state index is 12.9. The molecule has 2 N–H and O–H groups in total. The second-order valence-electron chi connectivity index (χ2n) is 6.43. The number of alkyl halides is 3. The summed E-state index contributed by atoms with van der Waals surface area (Å²) in [6.45, 7) is 6.41. The molecule has 134 valence electrons. The van der Waals surface area contributed by atoms with Gasteiger partial charge in [-0.3, -0.25) is 10.1 Å². The number of nitrogens with one attached hydrogen (secondary N) is 1. The van der Waals surface area contributed by atoms with Gasteiger partial charge in [0.15, 0.2) is 0 Å². The Morgan fingerprint density at radius 2 is 1.83 bits per heavy atom. The fraction of sp³-hybridized carbons (Fsp3) is 0.500. The molecule has 5 nitrogen and oxygen atoms in total. The van der Waals surface area contributed by atoms with Crippen LogP contribution in [-0.2, 0) is 15.7 Å². The van der Waals surface area contributed by atoms with Crippen LogP contribution in [0.5, 0.6) is 0 Å². The number of aliphatic carboxylic acids is 1. The monoisotopic (exact) mass is 347 g/mol. The van der Waals surface area contributed by atoms with Crippen LogP contribution in [-0.4, -0.2) is 22.8 Å². The molecule has 1 unspecified atom stereocenters. The summed E-state index contributed by atoms with van der Waals surface area (Å²) in [5.74, 6) is -1.68. The number of carbonyl (C=O) groups is 2. The van der Waals surface area contributed by atoms with Crippen molar-refractivity contribution in [3.63, 3.8) is 0 Å². The molecule has 0 radical (unpaired) electrons. The smallest absolute Gasteiger partial charge is 0.416 e. The lowest BCUT2D eigenvalue weighted by Crippen LogP contribution is -2.27. The van der Waals surface area contributed by atoms with Gasteiger partial charge in [-0.15, -0.1) is 0 Å². The second kappa shape index (κ2) is 7.11. The molecule has 0 aliphatic heterocycles. The molecule has 1 amide bonds. The molecule has 8 heteroatoms. The van der Waals surface area contributed by atoms with Crippen molar-refractivity contribution < 1.29 is 32.6 Å². The van der Waals surface area contributed by atoms with Gasteiger partial charge in [0, 0.05) is 5.69 Å². The summed E-state index contributed by atoms with van der Waals surface area (Å²) in [7, 11) is 0. The van der Waals surface area contributed by atoms with E-state index in [1.54, 1.807) is 27.7 Å². The third kappa shape index (κ3) is 6.10. The molecule has 0 spiro atoms. The lowest BCUT2D eigenvalue weighted by Gasteiger charge is -2.22. The number of ether oxygens (including phenoxy) is 1. The molecule has 0 bridgehead atoms. The minimum absolute atomic E-state index is 0.118. The summed E-state index contributed by atoms with van der Waals surface area (Å²) in [6, 6.07) is 2.80. The van der Waals surface area contributed by atoms with E-state index in [0.717, 1.165) is 12.1 Å². The third-order valence-corrected chi connectivity index (χ3v) is 3.03. The predicted molar refractivity (Wildman–Crippen MR) is 82.0 cm³/mol. The van der Waals surface area contributed by atoms with Crippen molar-refractivity contribution in [1.29, 1.82) is 0 Å². The molecule has 1 aromatic rings. The van der Waals surface area contributed by atoms with Gasteiger partial charge in [-0.2, -0.15) is 13.2 Å². The zero-order chi connectivity index (χ0) is 18.7. The van der Waals surface area contributed by atoms with Crippen LogP contribution in [0.3, 0.4) is 0 Å². The van der Waals surface area contributed by atoms with E-state index in [1.807, 2.05) is 0 Å². The first kappa shape index (κ1) is 19.8. The fourth-order valence-corrected chi connectivity index (χ4v) is 2.06. The Kier molecular flexibility index (Phi) is 5.86. The quantitative estimate of drug-likeness (QED) is 0.832. The van der Waals surface area contributed by atoms with Gasteiger partial charge in [0.25, 0.3) is 0 Å². The molecular weight excluding hydrogens is 327 g/mol. The number of benzene rings is 1. The summed E-state index contributed by atoms with van der Waals surface area (Å²) in [5.41, 5.74) is -1.60. The van der Waals surface area contributed by atoms with Crippen molar-refractivity contribution in [2.75, 3.05) is 5.32 Å². The molecule has 0 aromatic heterocycles. The van der Waals surface area contributed by atoms with Crippen LogP contribution in [0.15, 0.2) is 18.2 Å². The number of rotatable bonds is 4. The number of anilines is 1. The van der Waals surface area contributed by atoms with Crippen molar-refractivity contribution in [2.45, 2.75) is 51.8 Å². The molecule has 1 rings (SSSR count). The Balaban J connectivity index is 3.19. The van der Waals surface area contributed by atoms with Crippen LogP contribution in [0.1, 0.15) is 51.2 Å². The molecule has 0 saturated carbocycles. The first-order chi connectivity index (χ1) is 10.8. The van der Waals surface area contributed by atoms with Gasteiger partial charge in [0.1, 0.15) is 5.60 Å². The van der Waals surface area contributed by atoms with E-state index < -0.39 is 35.3 Å². The van der Waals surface area contributed by atoms with Crippen LogP contribution in [0, 0.1) is 0 Å². The first-order valence-electron chi connectivity index (χ1n) is 7.22. The van der Waals surface area contributed by atoms with Crippen molar-refractivity contribution in [3.05, 3.63) is 29.3 Å². The van der Waals surface area contributed by atoms with E-state index in [2.05, 4.69) is 5.32 Å².